The van der Waals surface area contributed by atoms with E-state index in [4.69, 9.17) is 25.8 Å². The summed E-state index contributed by atoms with van der Waals surface area (Å²) in [5, 5.41) is 4.12. The number of hydrogen-bond acceptors (Lipinski definition) is 4. The van der Waals surface area contributed by atoms with Crippen molar-refractivity contribution in [3.05, 3.63) is 28.8 Å². The average molecular weight is 302 g/mol. The van der Waals surface area contributed by atoms with Crippen LogP contribution in [0.1, 0.15) is 18.4 Å². The summed E-state index contributed by atoms with van der Waals surface area (Å²) in [7, 11) is 3.35. The van der Waals surface area contributed by atoms with Crippen LogP contribution in [-0.4, -0.2) is 40.6 Å². The molecule has 0 fully saturated rings. The molecule has 0 saturated heterocycles. The van der Waals surface area contributed by atoms with Gasteiger partial charge >= 0.3 is 0 Å². The smallest absolute Gasteiger partial charge is 0.123 e. The quantitative estimate of drug-likeness (QED) is 0.638. The Hall–Kier alpha value is -0.810. The summed E-state index contributed by atoms with van der Waals surface area (Å²) in [5.41, 5.74) is 1.08. The number of methoxy groups -OCH3 is 2. The molecule has 0 unspecified atom stereocenters. The van der Waals surface area contributed by atoms with Gasteiger partial charge in [-0.2, -0.15) is 0 Å². The summed E-state index contributed by atoms with van der Waals surface area (Å²) in [5.74, 6) is 0.866. The van der Waals surface area contributed by atoms with Crippen molar-refractivity contribution in [2.45, 2.75) is 19.4 Å². The number of unbranched alkanes of at least 4 members (excludes halogenated alkanes) is 1. The summed E-state index contributed by atoms with van der Waals surface area (Å²) in [4.78, 5) is 0. The van der Waals surface area contributed by atoms with Crippen molar-refractivity contribution in [1.29, 1.82) is 0 Å². The zero-order valence-corrected chi connectivity index (χ0v) is 13.0. The highest BCUT2D eigenvalue weighted by Crippen LogP contribution is 2.22. The first-order valence-corrected chi connectivity index (χ1v) is 7.25. The van der Waals surface area contributed by atoms with Gasteiger partial charge in [0, 0.05) is 30.8 Å². The van der Waals surface area contributed by atoms with Crippen LogP contribution >= 0.6 is 11.6 Å². The summed E-state index contributed by atoms with van der Waals surface area (Å²) >= 11 is 5.99. The number of ether oxygens (including phenoxy) is 3. The van der Waals surface area contributed by atoms with Crippen molar-refractivity contribution in [1.82, 2.24) is 5.32 Å². The third-order valence-electron chi connectivity index (χ3n) is 2.88. The minimum Gasteiger partial charge on any atom is -0.496 e. The van der Waals surface area contributed by atoms with Crippen LogP contribution in [0.4, 0.5) is 0 Å². The van der Waals surface area contributed by atoms with Crippen LogP contribution in [0, 0.1) is 0 Å². The Morgan fingerprint density at radius 3 is 2.70 bits per heavy atom. The molecule has 1 N–H and O–H groups in total. The maximum atomic E-state index is 5.99. The Morgan fingerprint density at radius 2 is 1.95 bits per heavy atom. The van der Waals surface area contributed by atoms with Crippen LogP contribution in [0.15, 0.2) is 18.2 Å². The molecule has 5 heteroatoms. The van der Waals surface area contributed by atoms with Gasteiger partial charge in [0.1, 0.15) is 5.75 Å². The van der Waals surface area contributed by atoms with Crippen LogP contribution in [0.3, 0.4) is 0 Å². The van der Waals surface area contributed by atoms with E-state index in [2.05, 4.69) is 5.32 Å². The first-order valence-electron chi connectivity index (χ1n) is 6.87. The highest BCUT2D eigenvalue weighted by atomic mass is 35.5. The van der Waals surface area contributed by atoms with E-state index in [1.54, 1.807) is 14.2 Å². The lowest BCUT2D eigenvalue weighted by atomic mass is 10.2. The molecule has 114 valence electrons. The molecular formula is C15H24ClNO3. The van der Waals surface area contributed by atoms with E-state index in [1.807, 2.05) is 18.2 Å². The third-order valence-corrected chi connectivity index (χ3v) is 3.12. The maximum absolute atomic E-state index is 5.99. The van der Waals surface area contributed by atoms with Gasteiger partial charge in [-0.25, -0.2) is 0 Å². The lowest BCUT2D eigenvalue weighted by Gasteiger charge is -2.10. The van der Waals surface area contributed by atoms with Crippen molar-refractivity contribution >= 4 is 11.6 Å². The first kappa shape index (κ1) is 17.2. The minimum absolute atomic E-state index is 0.660. The molecule has 0 atom stereocenters. The topological polar surface area (TPSA) is 39.7 Å². The molecule has 0 amide bonds. The second-order valence-electron chi connectivity index (χ2n) is 4.45. The minimum atomic E-state index is 0.660. The zero-order chi connectivity index (χ0) is 14.6. The molecular weight excluding hydrogens is 278 g/mol. The fourth-order valence-corrected chi connectivity index (χ4v) is 2.00. The Balaban J connectivity index is 2.10. The van der Waals surface area contributed by atoms with Gasteiger partial charge < -0.3 is 19.5 Å². The Labute approximate surface area is 126 Å². The molecule has 0 aliphatic rings. The zero-order valence-electron chi connectivity index (χ0n) is 12.3. The van der Waals surface area contributed by atoms with Crippen molar-refractivity contribution in [2.24, 2.45) is 0 Å². The van der Waals surface area contributed by atoms with Crippen molar-refractivity contribution in [2.75, 3.05) is 40.6 Å². The number of benzene rings is 1. The Morgan fingerprint density at radius 1 is 1.10 bits per heavy atom. The number of hydrogen-bond donors (Lipinski definition) is 1. The molecule has 0 saturated carbocycles. The molecule has 0 spiro atoms. The Kier molecular flexibility index (Phi) is 9.41. The third kappa shape index (κ3) is 7.10. The van der Waals surface area contributed by atoms with Crippen molar-refractivity contribution in [3.8, 4) is 5.75 Å². The van der Waals surface area contributed by atoms with Gasteiger partial charge in [0.05, 0.1) is 20.3 Å². The molecule has 0 heterocycles. The van der Waals surface area contributed by atoms with Gasteiger partial charge in [-0.05, 0) is 37.6 Å². The van der Waals surface area contributed by atoms with Crippen LogP contribution in [0.5, 0.6) is 5.75 Å². The molecule has 0 aromatic heterocycles. The largest absolute Gasteiger partial charge is 0.496 e. The SMILES string of the molecule is COCCOCCCCNCc1cc(Cl)ccc1OC. The van der Waals surface area contributed by atoms with Crippen molar-refractivity contribution < 1.29 is 14.2 Å². The highest BCUT2D eigenvalue weighted by molar-refractivity contribution is 6.30. The van der Waals surface area contributed by atoms with E-state index in [0.717, 1.165) is 48.9 Å². The molecule has 0 aliphatic heterocycles. The number of halogens is 1. The summed E-state index contributed by atoms with van der Waals surface area (Å²) in [6, 6.07) is 5.66. The van der Waals surface area contributed by atoms with Gasteiger partial charge in [0.15, 0.2) is 0 Å². The Bertz CT molecular complexity index is 374. The fourth-order valence-electron chi connectivity index (χ4n) is 1.81. The molecule has 20 heavy (non-hydrogen) atoms. The average Bonchev–Trinajstić information content (AvgIpc) is 2.46. The monoisotopic (exact) mass is 301 g/mol. The molecule has 1 aromatic carbocycles. The van der Waals surface area contributed by atoms with Gasteiger partial charge in [-0.1, -0.05) is 11.6 Å². The molecule has 1 rings (SSSR count). The normalized spacial score (nSPS) is 10.8. The lowest BCUT2D eigenvalue weighted by Crippen LogP contribution is -2.16. The van der Waals surface area contributed by atoms with E-state index >= 15 is 0 Å². The van der Waals surface area contributed by atoms with Gasteiger partial charge in [0.2, 0.25) is 0 Å². The number of nitrogens with one attached hydrogen (secondary N) is 1. The van der Waals surface area contributed by atoms with Crippen LogP contribution in [0.2, 0.25) is 5.02 Å². The standard InChI is InChI=1S/C15H24ClNO3/c1-18-9-10-20-8-4-3-7-17-12-13-11-14(16)5-6-15(13)19-2/h5-6,11,17H,3-4,7-10,12H2,1-2H3. The molecule has 0 bridgehead atoms. The lowest BCUT2D eigenvalue weighted by molar-refractivity contribution is 0.0688. The molecule has 0 radical (unpaired) electrons. The molecule has 1 aromatic rings. The van der Waals surface area contributed by atoms with E-state index in [1.165, 1.54) is 0 Å². The predicted octanol–water partition coefficient (Wildman–Crippen LogP) is 2.88. The van der Waals surface area contributed by atoms with Gasteiger partial charge in [0.25, 0.3) is 0 Å². The van der Waals surface area contributed by atoms with Crippen LogP contribution < -0.4 is 10.1 Å². The molecule has 0 aliphatic carbocycles. The van der Waals surface area contributed by atoms with Gasteiger partial charge in [-0.3, -0.25) is 0 Å². The predicted molar refractivity (Wildman–Crippen MR) is 81.6 cm³/mol. The van der Waals surface area contributed by atoms with Crippen molar-refractivity contribution in [3.63, 3.8) is 0 Å². The van der Waals surface area contributed by atoms with E-state index in [-0.39, 0.29) is 0 Å². The van der Waals surface area contributed by atoms with E-state index < -0.39 is 0 Å². The maximum Gasteiger partial charge on any atom is 0.123 e. The fraction of sp³-hybridized carbons (Fsp3) is 0.600. The highest BCUT2D eigenvalue weighted by Gasteiger charge is 2.03. The summed E-state index contributed by atoms with van der Waals surface area (Å²) in [6.07, 6.45) is 2.12. The second-order valence-corrected chi connectivity index (χ2v) is 4.88. The van der Waals surface area contributed by atoms with Gasteiger partial charge in [-0.15, -0.1) is 0 Å². The van der Waals surface area contributed by atoms with E-state index in [9.17, 15) is 0 Å². The number of rotatable bonds is 11. The van der Waals surface area contributed by atoms with E-state index in [0.29, 0.717) is 13.2 Å². The first-order chi connectivity index (χ1) is 9.77. The van der Waals surface area contributed by atoms with Crippen LogP contribution in [0.25, 0.3) is 0 Å². The molecule has 4 nitrogen and oxygen atoms in total. The summed E-state index contributed by atoms with van der Waals surface area (Å²) < 4.78 is 15.6. The van der Waals surface area contributed by atoms with Crippen LogP contribution in [-0.2, 0) is 16.0 Å². The summed E-state index contributed by atoms with van der Waals surface area (Å²) in [6.45, 7) is 3.82. The second kappa shape index (κ2) is 10.9.